The van der Waals surface area contributed by atoms with Crippen LogP contribution in [0.3, 0.4) is 0 Å². The Morgan fingerprint density at radius 2 is 1.85 bits per heavy atom. The molecule has 1 atom stereocenters. The third-order valence-electron chi connectivity index (χ3n) is 5.56. The third kappa shape index (κ3) is 3.70. The maximum Gasteiger partial charge on any atom is 0.247 e. The van der Waals surface area contributed by atoms with Crippen molar-refractivity contribution in [2.45, 2.75) is 31.7 Å². The molecule has 0 aliphatic carbocycles. The van der Waals surface area contributed by atoms with E-state index in [2.05, 4.69) is 20.3 Å². The molecule has 0 spiro atoms. The van der Waals surface area contributed by atoms with E-state index in [1.807, 2.05) is 74.7 Å². The lowest BCUT2D eigenvalue weighted by Crippen LogP contribution is -2.37. The highest BCUT2D eigenvalue weighted by molar-refractivity contribution is 7.98. The number of ether oxygens (including phenoxy) is 1. The molecule has 3 heterocycles. The van der Waals surface area contributed by atoms with E-state index in [9.17, 15) is 4.79 Å². The van der Waals surface area contributed by atoms with Crippen LogP contribution >= 0.6 is 23.4 Å². The van der Waals surface area contributed by atoms with E-state index in [-0.39, 0.29) is 18.2 Å². The van der Waals surface area contributed by atoms with Gasteiger partial charge in [-0.25, -0.2) is 4.68 Å². The first-order chi connectivity index (χ1) is 16.5. The number of carbonyl (C=O) groups is 1. The van der Waals surface area contributed by atoms with E-state index < -0.39 is 6.23 Å². The summed E-state index contributed by atoms with van der Waals surface area (Å²) in [6.45, 7) is 3.66. The average molecular weight is 493 g/mol. The lowest BCUT2D eigenvalue weighted by Gasteiger charge is -2.30. The first-order valence-electron chi connectivity index (χ1n) is 10.7. The Morgan fingerprint density at radius 1 is 1.12 bits per heavy atom. The Kier molecular flexibility index (Phi) is 5.97. The lowest BCUT2D eigenvalue weighted by atomic mass is 10.1. The molecule has 1 aliphatic heterocycles. The number of hydrogen-bond donors (Lipinski definition) is 0. The zero-order chi connectivity index (χ0) is 23.8. The summed E-state index contributed by atoms with van der Waals surface area (Å²) in [6.07, 6.45) is 1.23. The molecule has 1 aliphatic rings. The summed E-state index contributed by atoms with van der Waals surface area (Å²) in [7, 11) is 0. The van der Waals surface area contributed by atoms with Crippen LogP contribution in [-0.2, 0) is 4.79 Å². The van der Waals surface area contributed by atoms with Gasteiger partial charge in [-0.2, -0.15) is 10.1 Å². The van der Waals surface area contributed by atoms with Gasteiger partial charge in [0.05, 0.1) is 22.6 Å². The number of nitrogens with zero attached hydrogens (tertiary/aromatic N) is 6. The average Bonchev–Trinajstić information content (AvgIpc) is 3.09. The largest absolute Gasteiger partial charge is 0.447 e. The Hall–Kier alpha value is -3.43. The van der Waals surface area contributed by atoms with Crippen LogP contribution in [-0.4, -0.2) is 37.1 Å². The summed E-state index contributed by atoms with van der Waals surface area (Å²) in [6, 6.07) is 17.1. The van der Waals surface area contributed by atoms with Crippen LogP contribution in [0.25, 0.3) is 16.9 Å². The SMILES string of the molecule is CCC(=O)N1c2ccccc2-c2nnc(SC)nc2OC1c1c(C)nn(-c2ccccc2)c1Cl. The number of rotatable bonds is 4. The summed E-state index contributed by atoms with van der Waals surface area (Å²) in [4.78, 5) is 19.5. The standard InChI is InChI=1S/C24H21ClN6O2S/c1-4-18(32)30-17-13-9-8-12-16(17)20-22(26-24(34-3)28-27-20)33-23(30)19-14(2)29-31(21(19)25)15-10-6-5-7-11-15/h5-13,23H,4H2,1-3H3. The van der Waals surface area contributed by atoms with Crippen molar-refractivity contribution in [3.05, 3.63) is 71.0 Å². The van der Waals surface area contributed by atoms with Crippen LogP contribution in [0.2, 0.25) is 5.15 Å². The first-order valence-corrected chi connectivity index (χ1v) is 12.3. The predicted octanol–water partition coefficient (Wildman–Crippen LogP) is 5.24. The van der Waals surface area contributed by atoms with Crippen molar-refractivity contribution in [3.8, 4) is 22.8 Å². The number of aryl methyl sites for hydroxylation is 1. The topological polar surface area (TPSA) is 86.0 Å². The predicted molar refractivity (Wildman–Crippen MR) is 132 cm³/mol. The van der Waals surface area contributed by atoms with Gasteiger partial charge in [0, 0.05) is 12.0 Å². The first kappa shape index (κ1) is 22.4. The highest BCUT2D eigenvalue weighted by atomic mass is 35.5. The molecule has 2 aromatic carbocycles. The molecule has 1 amide bonds. The maximum absolute atomic E-state index is 13.4. The highest BCUT2D eigenvalue weighted by Crippen LogP contribution is 2.45. The molecule has 10 heteroatoms. The number of para-hydroxylation sites is 2. The van der Waals surface area contributed by atoms with Crippen molar-refractivity contribution in [2.75, 3.05) is 11.2 Å². The van der Waals surface area contributed by atoms with Crippen LogP contribution in [0, 0.1) is 6.92 Å². The Morgan fingerprint density at radius 3 is 2.59 bits per heavy atom. The molecular formula is C24H21ClN6O2S. The summed E-state index contributed by atoms with van der Waals surface area (Å²) in [5.41, 5.74) is 3.85. The monoisotopic (exact) mass is 492 g/mol. The molecular weight excluding hydrogens is 472 g/mol. The summed E-state index contributed by atoms with van der Waals surface area (Å²) >= 11 is 8.26. The van der Waals surface area contributed by atoms with Gasteiger partial charge >= 0.3 is 0 Å². The molecule has 1 unspecified atom stereocenters. The number of hydrogen-bond acceptors (Lipinski definition) is 7. The Balaban J connectivity index is 1.76. The fourth-order valence-electron chi connectivity index (χ4n) is 3.96. The Labute approximate surface area is 205 Å². The minimum Gasteiger partial charge on any atom is -0.447 e. The summed E-state index contributed by atoms with van der Waals surface area (Å²) < 4.78 is 8.10. The molecule has 0 bridgehead atoms. The Bertz CT molecular complexity index is 1380. The van der Waals surface area contributed by atoms with Gasteiger partial charge in [-0.05, 0) is 31.4 Å². The number of fused-ring (bicyclic) bond motifs is 3. The fourth-order valence-corrected chi connectivity index (χ4v) is 4.62. The van der Waals surface area contributed by atoms with Crippen LogP contribution in [0.4, 0.5) is 5.69 Å². The van der Waals surface area contributed by atoms with Crippen LogP contribution in [0.1, 0.15) is 30.8 Å². The number of amides is 1. The van der Waals surface area contributed by atoms with E-state index in [1.165, 1.54) is 11.8 Å². The van der Waals surface area contributed by atoms with Crippen molar-refractivity contribution in [2.24, 2.45) is 0 Å². The van der Waals surface area contributed by atoms with Crippen LogP contribution in [0.15, 0.2) is 59.8 Å². The smallest absolute Gasteiger partial charge is 0.247 e. The second-order valence-electron chi connectivity index (χ2n) is 7.59. The van der Waals surface area contributed by atoms with Crippen molar-refractivity contribution >= 4 is 35.0 Å². The molecule has 34 heavy (non-hydrogen) atoms. The highest BCUT2D eigenvalue weighted by Gasteiger charge is 2.38. The van der Waals surface area contributed by atoms with Crippen molar-refractivity contribution < 1.29 is 9.53 Å². The second-order valence-corrected chi connectivity index (χ2v) is 8.73. The lowest BCUT2D eigenvalue weighted by molar-refractivity contribution is -0.120. The zero-order valence-corrected chi connectivity index (χ0v) is 20.3. The molecule has 0 saturated heterocycles. The minimum atomic E-state index is -0.897. The number of carbonyl (C=O) groups excluding carboxylic acids is 1. The quantitative estimate of drug-likeness (QED) is 0.360. The second kappa shape index (κ2) is 9.08. The molecule has 0 saturated carbocycles. The molecule has 0 fully saturated rings. The zero-order valence-electron chi connectivity index (χ0n) is 18.8. The fraction of sp³-hybridized carbons (Fsp3) is 0.208. The maximum atomic E-state index is 13.4. The van der Waals surface area contributed by atoms with Gasteiger partial charge in [-0.1, -0.05) is 66.7 Å². The molecule has 8 nitrogen and oxygen atoms in total. The van der Waals surface area contributed by atoms with Gasteiger partial charge in [0.15, 0.2) is 5.69 Å². The number of benzene rings is 2. The number of thioether (sulfide) groups is 1. The molecule has 5 rings (SSSR count). The van der Waals surface area contributed by atoms with Crippen LogP contribution in [0.5, 0.6) is 5.88 Å². The van der Waals surface area contributed by atoms with E-state index in [0.29, 0.717) is 38.5 Å². The number of halogens is 1. The molecule has 0 radical (unpaired) electrons. The van der Waals surface area contributed by atoms with E-state index in [0.717, 1.165) is 5.69 Å². The third-order valence-corrected chi connectivity index (χ3v) is 6.46. The van der Waals surface area contributed by atoms with Gasteiger partial charge in [-0.15, -0.1) is 10.2 Å². The van der Waals surface area contributed by atoms with Gasteiger partial charge in [0.2, 0.25) is 23.2 Å². The molecule has 2 aromatic heterocycles. The van der Waals surface area contributed by atoms with E-state index in [1.54, 1.807) is 9.58 Å². The summed E-state index contributed by atoms with van der Waals surface area (Å²) in [5.74, 6) is 0.150. The summed E-state index contributed by atoms with van der Waals surface area (Å²) in [5, 5.41) is 14.1. The van der Waals surface area contributed by atoms with Gasteiger partial charge < -0.3 is 4.74 Å². The minimum absolute atomic E-state index is 0.133. The normalized spacial score (nSPS) is 14.7. The molecule has 4 aromatic rings. The molecule has 172 valence electrons. The van der Waals surface area contributed by atoms with E-state index >= 15 is 0 Å². The number of anilines is 1. The van der Waals surface area contributed by atoms with Gasteiger partial charge in [0.25, 0.3) is 0 Å². The van der Waals surface area contributed by atoms with Gasteiger partial charge in [0.1, 0.15) is 5.15 Å². The van der Waals surface area contributed by atoms with E-state index in [4.69, 9.17) is 16.3 Å². The van der Waals surface area contributed by atoms with Crippen LogP contribution < -0.4 is 9.64 Å². The van der Waals surface area contributed by atoms with Gasteiger partial charge in [-0.3, -0.25) is 9.69 Å². The van der Waals surface area contributed by atoms with Crippen molar-refractivity contribution in [1.82, 2.24) is 25.0 Å². The van der Waals surface area contributed by atoms with Crippen molar-refractivity contribution in [1.29, 1.82) is 0 Å². The number of aromatic nitrogens is 5. The van der Waals surface area contributed by atoms with Crippen molar-refractivity contribution in [3.63, 3.8) is 0 Å². The molecule has 0 N–H and O–H groups in total.